The average molecular weight is 381 g/mol. The van der Waals surface area contributed by atoms with Gasteiger partial charge < -0.3 is 20.1 Å². The van der Waals surface area contributed by atoms with E-state index in [0.717, 1.165) is 24.3 Å². The number of hydrogen-bond acceptors (Lipinski definition) is 5. The first-order valence-electron chi connectivity index (χ1n) is 8.27. The van der Waals surface area contributed by atoms with Crippen molar-refractivity contribution >= 4 is 34.5 Å². The Hall–Kier alpha value is -1.76. The highest BCUT2D eigenvalue weighted by Gasteiger charge is 2.17. The van der Waals surface area contributed by atoms with Crippen LogP contribution in [0.5, 0.6) is 5.75 Å². The summed E-state index contributed by atoms with van der Waals surface area (Å²) < 4.78 is 11.4. The number of carbonyl (C=O) groups is 1. The molecule has 0 spiro atoms. The van der Waals surface area contributed by atoms with Gasteiger partial charge in [0.15, 0.2) is 0 Å². The minimum absolute atomic E-state index is 0.0848. The summed E-state index contributed by atoms with van der Waals surface area (Å²) in [7, 11) is 0. The molecule has 1 unspecified atom stereocenters. The van der Waals surface area contributed by atoms with Crippen molar-refractivity contribution in [1.29, 1.82) is 0 Å². The molecule has 25 heavy (non-hydrogen) atoms. The normalized spacial score (nSPS) is 16.6. The molecule has 1 aliphatic heterocycles. The second-order valence-corrected chi connectivity index (χ2v) is 7.26. The molecule has 1 fully saturated rings. The van der Waals surface area contributed by atoms with E-state index in [4.69, 9.17) is 21.1 Å². The van der Waals surface area contributed by atoms with Crippen LogP contribution in [0.4, 0.5) is 5.69 Å². The molecule has 2 aromatic rings. The van der Waals surface area contributed by atoms with Crippen molar-refractivity contribution in [2.24, 2.45) is 0 Å². The largest absolute Gasteiger partial charge is 0.489 e. The van der Waals surface area contributed by atoms with E-state index in [9.17, 15) is 4.79 Å². The lowest BCUT2D eigenvalue weighted by Gasteiger charge is -2.16. The number of rotatable bonds is 8. The zero-order valence-corrected chi connectivity index (χ0v) is 15.4. The van der Waals surface area contributed by atoms with Crippen LogP contribution in [0.1, 0.15) is 17.7 Å². The lowest BCUT2D eigenvalue weighted by molar-refractivity contribution is -0.119. The van der Waals surface area contributed by atoms with E-state index < -0.39 is 0 Å². The predicted octanol–water partition coefficient (Wildman–Crippen LogP) is 3.69. The Morgan fingerprint density at radius 2 is 2.32 bits per heavy atom. The van der Waals surface area contributed by atoms with Crippen LogP contribution in [0.15, 0.2) is 35.7 Å². The van der Waals surface area contributed by atoms with Crippen molar-refractivity contribution in [1.82, 2.24) is 5.32 Å². The van der Waals surface area contributed by atoms with E-state index in [0.29, 0.717) is 29.6 Å². The number of halogens is 1. The molecule has 0 saturated carbocycles. The number of hydrogen-bond donors (Lipinski definition) is 2. The maximum Gasteiger partial charge on any atom is 0.239 e. The maximum absolute atomic E-state index is 12.0. The van der Waals surface area contributed by atoms with E-state index in [1.54, 1.807) is 23.5 Å². The molecule has 1 saturated heterocycles. The number of ether oxygens (including phenoxy) is 2. The van der Waals surface area contributed by atoms with Crippen LogP contribution in [0.2, 0.25) is 5.02 Å². The molecule has 1 aromatic heterocycles. The van der Waals surface area contributed by atoms with E-state index in [1.165, 1.54) is 0 Å². The summed E-state index contributed by atoms with van der Waals surface area (Å²) in [6, 6.07) is 9.30. The summed E-state index contributed by atoms with van der Waals surface area (Å²) in [4.78, 5) is 13.1. The molecule has 0 aliphatic carbocycles. The van der Waals surface area contributed by atoms with Gasteiger partial charge in [0, 0.05) is 16.5 Å². The smallest absolute Gasteiger partial charge is 0.239 e. The molecule has 1 aliphatic rings. The molecular weight excluding hydrogens is 360 g/mol. The van der Waals surface area contributed by atoms with Gasteiger partial charge >= 0.3 is 0 Å². The second kappa shape index (κ2) is 9.08. The number of nitrogens with one attached hydrogen (secondary N) is 2. The Morgan fingerprint density at radius 1 is 1.40 bits per heavy atom. The highest BCUT2D eigenvalue weighted by atomic mass is 35.5. The van der Waals surface area contributed by atoms with Crippen LogP contribution >= 0.6 is 22.9 Å². The van der Waals surface area contributed by atoms with Crippen molar-refractivity contribution in [3.05, 3.63) is 45.6 Å². The van der Waals surface area contributed by atoms with Gasteiger partial charge in [-0.15, -0.1) is 11.3 Å². The second-order valence-electron chi connectivity index (χ2n) is 5.80. The number of anilines is 1. The van der Waals surface area contributed by atoms with Crippen LogP contribution in [0.3, 0.4) is 0 Å². The highest BCUT2D eigenvalue weighted by Crippen LogP contribution is 2.28. The van der Waals surface area contributed by atoms with Crippen molar-refractivity contribution in [3.63, 3.8) is 0 Å². The molecule has 3 rings (SSSR count). The number of benzene rings is 1. The minimum Gasteiger partial charge on any atom is -0.489 e. The number of amides is 1. The quantitative estimate of drug-likeness (QED) is 0.733. The van der Waals surface area contributed by atoms with Crippen LogP contribution < -0.4 is 15.4 Å². The monoisotopic (exact) mass is 380 g/mol. The van der Waals surface area contributed by atoms with E-state index >= 15 is 0 Å². The van der Waals surface area contributed by atoms with Gasteiger partial charge in [0.2, 0.25) is 5.91 Å². The number of carbonyl (C=O) groups excluding carboxylic acids is 1. The molecular formula is C18H21ClN2O3S. The van der Waals surface area contributed by atoms with E-state index in [1.807, 2.05) is 23.6 Å². The Morgan fingerprint density at radius 3 is 3.08 bits per heavy atom. The molecule has 0 radical (unpaired) electrons. The van der Waals surface area contributed by atoms with Gasteiger partial charge in [0.25, 0.3) is 0 Å². The first-order valence-corrected chi connectivity index (χ1v) is 9.53. The molecule has 134 valence electrons. The summed E-state index contributed by atoms with van der Waals surface area (Å²) in [5.41, 5.74) is 0.705. The molecule has 7 heteroatoms. The van der Waals surface area contributed by atoms with Crippen molar-refractivity contribution < 1.29 is 14.3 Å². The Balaban J connectivity index is 1.51. The molecule has 5 nitrogen and oxygen atoms in total. The Bertz CT molecular complexity index is 688. The standard InChI is InChI=1S/C18H21ClN2O3S/c19-13-5-6-17(24-12-14-3-1-7-23-14)16(9-13)20-11-18(22)21-10-15-4-2-8-25-15/h2,4-6,8-9,14,20H,1,3,7,10-12H2,(H,21,22). The van der Waals surface area contributed by atoms with Crippen molar-refractivity contribution in [2.75, 3.05) is 25.1 Å². The third-order valence-electron chi connectivity index (χ3n) is 3.87. The van der Waals surface area contributed by atoms with Crippen LogP contribution in [0, 0.1) is 0 Å². The highest BCUT2D eigenvalue weighted by molar-refractivity contribution is 7.09. The first-order chi connectivity index (χ1) is 12.2. The third-order valence-corrected chi connectivity index (χ3v) is 4.98. The van der Waals surface area contributed by atoms with Crippen molar-refractivity contribution in [3.8, 4) is 5.75 Å². The Kier molecular flexibility index (Phi) is 6.55. The predicted molar refractivity (Wildman–Crippen MR) is 101 cm³/mol. The number of thiophene rings is 1. The van der Waals surface area contributed by atoms with Gasteiger partial charge in [-0.1, -0.05) is 17.7 Å². The molecule has 0 bridgehead atoms. The lowest BCUT2D eigenvalue weighted by Crippen LogP contribution is -2.29. The van der Waals surface area contributed by atoms with Gasteiger partial charge in [-0.2, -0.15) is 0 Å². The molecule has 2 N–H and O–H groups in total. The fourth-order valence-electron chi connectivity index (χ4n) is 2.56. The fraction of sp³-hybridized carbons (Fsp3) is 0.389. The van der Waals surface area contributed by atoms with Crippen LogP contribution in [0.25, 0.3) is 0 Å². The molecule has 1 atom stereocenters. The van der Waals surface area contributed by atoms with Gasteiger partial charge in [0.05, 0.1) is 24.9 Å². The molecule has 1 amide bonds. The van der Waals surface area contributed by atoms with Gasteiger partial charge in [-0.25, -0.2) is 0 Å². The third kappa shape index (κ3) is 5.63. The van der Waals surface area contributed by atoms with Gasteiger partial charge in [-0.3, -0.25) is 4.79 Å². The maximum atomic E-state index is 12.0. The SMILES string of the molecule is O=C(CNc1cc(Cl)ccc1OCC1CCCO1)NCc1cccs1. The summed E-state index contributed by atoms with van der Waals surface area (Å²) in [6.45, 7) is 1.99. The summed E-state index contributed by atoms with van der Waals surface area (Å²) in [5.74, 6) is 0.587. The minimum atomic E-state index is -0.0848. The summed E-state index contributed by atoms with van der Waals surface area (Å²) in [6.07, 6.45) is 2.23. The van der Waals surface area contributed by atoms with E-state index in [2.05, 4.69) is 10.6 Å². The summed E-state index contributed by atoms with van der Waals surface area (Å²) >= 11 is 7.69. The van der Waals surface area contributed by atoms with Gasteiger partial charge in [0.1, 0.15) is 12.4 Å². The Labute approximate surface area is 156 Å². The average Bonchev–Trinajstić information content (AvgIpc) is 3.30. The molecule has 1 aromatic carbocycles. The molecule has 2 heterocycles. The van der Waals surface area contributed by atoms with Gasteiger partial charge in [-0.05, 0) is 42.5 Å². The van der Waals surface area contributed by atoms with Crippen LogP contribution in [-0.2, 0) is 16.1 Å². The lowest BCUT2D eigenvalue weighted by atomic mass is 10.2. The van der Waals surface area contributed by atoms with E-state index in [-0.39, 0.29) is 18.6 Å². The van der Waals surface area contributed by atoms with Crippen molar-refractivity contribution in [2.45, 2.75) is 25.5 Å². The van der Waals surface area contributed by atoms with Crippen LogP contribution in [-0.4, -0.2) is 31.8 Å². The summed E-state index contributed by atoms with van der Waals surface area (Å²) in [5, 5.41) is 8.56. The topological polar surface area (TPSA) is 59.6 Å². The zero-order chi connectivity index (χ0) is 17.5. The zero-order valence-electron chi connectivity index (χ0n) is 13.8. The first kappa shape index (κ1) is 18.0. The fourth-order valence-corrected chi connectivity index (χ4v) is 3.38.